The molecule has 1 aliphatic heterocycles. The zero-order valence-electron chi connectivity index (χ0n) is 8.92. The Kier molecular flexibility index (Phi) is 2.56. The molecule has 2 heterocycles. The Morgan fingerprint density at radius 3 is 2.80 bits per heavy atom. The minimum absolute atomic E-state index is 0.225. The van der Waals surface area contributed by atoms with E-state index in [0.29, 0.717) is 13.1 Å². The van der Waals surface area contributed by atoms with E-state index in [4.69, 9.17) is 0 Å². The van der Waals surface area contributed by atoms with Crippen LogP contribution in [-0.4, -0.2) is 34.6 Å². The van der Waals surface area contributed by atoms with E-state index in [1.165, 1.54) is 4.31 Å². The number of nitrogens with zero attached hydrogens (tertiary/aromatic N) is 3. The van der Waals surface area contributed by atoms with Crippen LogP contribution in [0.3, 0.4) is 0 Å². The zero-order chi connectivity index (χ0) is 11.1. The van der Waals surface area contributed by atoms with Gasteiger partial charge in [-0.2, -0.15) is 4.31 Å². The van der Waals surface area contributed by atoms with Crippen LogP contribution in [0.5, 0.6) is 0 Å². The summed E-state index contributed by atoms with van der Waals surface area (Å²) in [6.45, 7) is 3.01. The van der Waals surface area contributed by atoms with Gasteiger partial charge in [0.1, 0.15) is 0 Å². The van der Waals surface area contributed by atoms with E-state index in [9.17, 15) is 8.42 Å². The van der Waals surface area contributed by atoms with E-state index in [0.717, 1.165) is 5.69 Å². The quantitative estimate of drug-likeness (QED) is 0.728. The van der Waals surface area contributed by atoms with Crippen LogP contribution in [-0.2, 0) is 23.6 Å². The number of aryl methyl sites for hydroxylation is 1. The smallest absolute Gasteiger partial charge is 0.214 e. The van der Waals surface area contributed by atoms with Gasteiger partial charge in [-0.25, -0.2) is 13.4 Å². The van der Waals surface area contributed by atoms with Crippen LogP contribution in [0.1, 0.15) is 12.6 Å². The molecule has 0 radical (unpaired) electrons. The lowest BCUT2D eigenvalue weighted by Crippen LogP contribution is -2.26. The molecule has 1 aliphatic rings. The maximum atomic E-state index is 11.7. The van der Waals surface area contributed by atoms with Crippen molar-refractivity contribution in [2.24, 2.45) is 13.0 Å². The van der Waals surface area contributed by atoms with Crippen molar-refractivity contribution >= 4 is 10.0 Å². The highest BCUT2D eigenvalue weighted by Crippen LogP contribution is 2.20. The van der Waals surface area contributed by atoms with Crippen molar-refractivity contribution in [2.45, 2.75) is 13.5 Å². The molecule has 2 rings (SSSR count). The molecule has 1 aromatic rings. The van der Waals surface area contributed by atoms with Gasteiger partial charge in [-0.05, 0) is 5.92 Å². The van der Waals surface area contributed by atoms with Crippen LogP contribution in [0, 0.1) is 5.92 Å². The number of hydrogen-bond donors (Lipinski definition) is 0. The molecule has 0 bridgehead atoms. The molecule has 84 valence electrons. The van der Waals surface area contributed by atoms with Crippen molar-refractivity contribution in [3.05, 3.63) is 18.2 Å². The third-order valence-electron chi connectivity index (χ3n) is 2.66. The van der Waals surface area contributed by atoms with Crippen LogP contribution in [0.4, 0.5) is 0 Å². The van der Waals surface area contributed by atoms with Crippen LogP contribution in [0.2, 0.25) is 0 Å². The van der Waals surface area contributed by atoms with Gasteiger partial charge in [0.05, 0.1) is 24.3 Å². The van der Waals surface area contributed by atoms with Crippen molar-refractivity contribution in [2.75, 3.05) is 12.3 Å². The maximum absolute atomic E-state index is 11.7. The topological polar surface area (TPSA) is 55.2 Å². The molecule has 0 N–H and O–H groups in total. The normalized spacial score (nSPS) is 25.9. The van der Waals surface area contributed by atoms with Crippen molar-refractivity contribution < 1.29 is 8.42 Å². The van der Waals surface area contributed by atoms with E-state index in [1.807, 2.05) is 18.5 Å². The highest BCUT2D eigenvalue weighted by atomic mass is 32.2. The predicted molar refractivity (Wildman–Crippen MR) is 56.6 cm³/mol. The third kappa shape index (κ3) is 2.05. The molecule has 0 saturated carbocycles. The minimum atomic E-state index is -3.04. The van der Waals surface area contributed by atoms with Crippen molar-refractivity contribution in [1.82, 2.24) is 13.9 Å². The SMILES string of the molecule is CC1CN(Cc2cncn2C)S(=O)(=O)C1. The highest BCUT2D eigenvalue weighted by Gasteiger charge is 2.33. The van der Waals surface area contributed by atoms with Crippen LogP contribution >= 0.6 is 0 Å². The average Bonchev–Trinajstić information content (AvgIpc) is 2.59. The molecule has 5 nitrogen and oxygen atoms in total. The fraction of sp³-hybridized carbons (Fsp3) is 0.667. The molecular weight excluding hydrogens is 214 g/mol. The van der Waals surface area contributed by atoms with Gasteiger partial charge >= 0.3 is 0 Å². The summed E-state index contributed by atoms with van der Waals surface area (Å²) in [5.41, 5.74) is 0.924. The average molecular weight is 229 g/mol. The predicted octanol–water partition coefficient (Wildman–Crippen LogP) is 0.202. The summed E-state index contributed by atoms with van der Waals surface area (Å²) >= 11 is 0. The molecule has 0 aromatic carbocycles. The second kappa shape index (κ2) is 3.61. The second-order valence-corrected chi connectivity index (χ2v) is 6.19. The zero-order valence-corrected chi connectivity index (χ0v) is 9.74. The first kappa shape index (κ1) is 10.6. The van der Waals surface area contributed by atoms with Gasteiger partial charge < -0.3 is 4.57 Å². The molecule has 0 aliphatic carbocycles. The molecule has 1 atom stereocenters. The summed E-state index contributed by atoms with van der Waals surface area (Å²) in [5.74, 6) is 0.494. The number of imidazole rings is 1. The molecule has 0 spiro atoms. The summed E-state index contributed by atoms with van der Waals surface area (Å²) in [7, 11) is -1.17. The first-order chi connectivity index (χ1) is 6.99. The maximum Gasteiger partial charge on any atom is 0.214 e. The molecule has 1 saturated heterocycles. The number of sulfonamides is 1. The van der Waals surface area contributed by atoms with Gasteiger partial charge in [-0.15, -0.1) is 0 Å². The summed E-state index contributed by atoms with van der Waals surface area (Å²) < 4.78 is 26.8. The largest absolute Gasteiger partial charge is 0.337 e. The van der Waals surface area contributed by atoms with Gasteiger partial charge in [0.2, 0.25) is 10.0 Å². The van der Waals surface area contributed by atoms with Crippen LogP contribution in [0.25, 0.3) is 0 Å². The second-order valence-electron chi connectivity index (χ2n) is 4.17. The molecule has 1 unspecified atom stereocenters. The van der Waals surface area contributed by atoms with Gasteiger partial charge in [-0.1, -0.05) is 6.92 Å². The third-order valence-corrected chi connectivity index (χ3v) is 4.71. The van der Waals surface area contributed by atoms with Crippen LogP contribution in [0.15, 0.2) is 12.5 Å². The van der Waals surface area contributed by atoms with E-state index < -0.39 is 10.0 Å². The summed E-state index contributed by atoms with van der Waals surface area (Å²) in [6.07, 6.45) is 3.39. The molecule has 6 heteroatoms. The van der Waals surface area contributed by atoms with Gasteiger partial charge in [0.15, 0.2) is 0 Å². The number of aromatic nitrogens is 2. The van der Waals surface area contributed by atoms with Crippen molar-refractivity contribution in [3.8, 4) is 0 Å². The summed E-state index contributed by atoms with van der Waals surface area (Å²) in [6, 6.07) is 0. The fourth-order valence-corrected chi connectivity index (χ4v) is 3.71. The first-order valence-electron chi connectivity index (χ1n) is 4.92. The van der Waals surface area contributed by atoms with Crippen molar-refractivity contribution in [1.29, 1.82) is 0 Å². The summed E-state index contributed by atoms with van der Waals surface area (Å²) in [4.78, 5) is 3.97. The molecule has 1 aromatic heterocycles. The Morgan fingerprint density at radius 1 is 1.60 bits per heavy atom. The van der Waals surface area contributed by atoms with Gasteiger partial charge in [-0.3, -0.25) is 0 Å². The number of hydrogen-bond acceptors (Lipinski definition) is 3. The monoisotopic (exact) mass is 229 g/mol. The Morgan fingerprint density at radius 2 is 2.33 bits per heavy atom. The Hall–Kier alpha value is -0.880. The van der Waals surface area contributed by atoms with E-state index in [2.05, 4.69) is 4.98 Å². The molecule has 0 amide bonds. The van der Waals surface area contributed by atoms with E-state index in [1.54, 1.807) is 12.5 Å². The van der Waals surface area contributed by atoms with Gasteiger partial charge in [0, 0.05) is 19.8 Å². The van der Waals surface area contributed by atoms with Crippen LogP contribution < -0.4 is 0 Å². The molecular formula is C9H15N3O2S. The standard InChI is InChI=1S/C9H15N3O2S/c1-8-4-12(15(13,14)6-8)5-9-3-10-7-11(9)2/h3,7-8H,4-6H2,1-2H3. The highest BCUT2D eigenvalue weighted by molar-refractivity contribution is 7.89. The van der Waals surface area contributed by atoms with E-state index in [-0.39, 0.29) is 11.7 Å². The van der Waals surface area contributed by atoms with Crippen molar-refractivity contribution in [3.63, 3.8) is 0 Å². The number of rotatable bonds is 2. The molecule has 15 heavy (non-hydrogen) atoms. The van der Waals surface area contributed by atoms with Gasteiger partial charge in [0.25, 0.3) is 0 Å². The Balaban J connectivity index is 2.17. The fourth-order valence-electron chi connectivity index (χ4n) is 1.86. The lowest BCUT2D eigenvalue weighted by molar-refractivity contribution is 0.400. The Labute approximate surface area is 89.8 Å². The lowest BCUT2D eigenvalue weighted by atomic mass is 10.2. The Bertz CT molecular complexity index is 452. The minimum Gasteiger partial charge on any atom is -0.337 e. The lowest BCUT2D eigenvalue weighted by Gasteiger charge is -2.14. The first-order valence-corrected chi connectivity index (χ1v) is 6.53. The summed E-state index contributed by atoms with van der Waals surface area (Å²) in [5, 5.41) is 0. The van der Waals surface area contributed by atoms with E-state index >= 15 is 0 Å². The molecule has 1 fully saturated rings.